The number of fused-ring (bicyclic) bond motifs is 3. The first kappa shape index (κ1) is 26.8. The number of hydrogen-bond acceptors (Lipinski definition) is 10. The lowest BCUT2D eigenvalue weighted by molar-refractivity contribution is 0.146. The van der Waals surface area contributed by atoms with Crippen molar-refractivity contribution in [3.8, 4) is 17.3 Å². The van der Waals surface area contributed by atoms with E-state index in [-0.39, 0.29) is 17.2 Å². The maximum Gasteiger partial charge on any atom is 0.330 e. The molecule has 6 rings (SSSR count). The van der Waals surface area contributed by atoms with Crippen molar-refractivity contribution < 1.29 is 13.9 Å². The first-order valence-electron chi connectivity index (χ1n) is 13.6. The largest absolute Gasteiger partial charge is 0.491 e. The van der Waals surface area contributed by atoms with Gasteiger partial charge in [-0.1, -0.05) is 0 Å². The lowest BCUT2D eigenvalue weighted by Crippen LogP contribution is -2.60. The molecule has 0 amide bonds. The molecule has 1 saturated heterocycles. The van der Waals surface area contributed by atoms with Gasteiger partial charge in [0.05, 0.1) is 12.9 Å². The van der Waals surface area contributed by atoms with Crippen LogP contribution in [0.25, 0.3) is 28.4 Å². The van der Waals surface area contributed by atoms with Crippen LogP contribution >= 0.6 is 0 Å². The van der Waals surface area contributed by atoms with Crippen LogP contribution in [0.15, 0.2) is 51.9 Å². The number of nitrogen functional groups attached to an aromatic ring is 1. The maximum absolute atomic E-state index is 13.4. The van der Waals surface area contributed by atoms with E-state index in [0.29, 0.717) is 54.7 Å². The molecule has 2 N–H and O–H groups in total. The van der Waals surface area contributed by atoms with E-state index in [9.17, 15) is 4.79 Å². The number of methoxy groups -OCH3 is 1. The molecule has 216 valence electrons. The average molecular weight is 562 g/mol. The molecule has 13 nitrogen and oxygen atoms in total. The summed E-state index contributed by atoms with van der Waals surface area (Å²) in [5.41, 5.74) is 8.67. The number of hydrogen-bond donors (Lipinski definition) is 1. The Bertz CT molecular complexity index is 1720. The number of benzene rings is 1. The molecule has 0 spiro atoms. The van der Waals surface area contributed by atoms with E-state index in [1.165, 1.54) is 4.52 Å². The molecule has 41 heavy (non-hydrogen) atoms. The maximum atomic E-state index is 13.4. The number of piperazine rings is 1. The summed E-state index contributed by atoms with van der Waals surface area (Å²) in [6.45, 7) is 9.31. The van der Waals surface area contributed by atoms with Crippen molar-refractivity contribution in [2.45, 2.75) is 25.9 Å². The molecule has 1 fully saturated rings. The van der Waals surface area contributed by atoms with Crippen molar-refractivity contribution in [1.29, 1.82) is 0 Å². The summed E-state index contributed by atoms with van der Waals surface area (Å²) < 4.78 is 20.9. The Morgan fingerprint density at radius 3 is 2.56 bits per heavy atom. The fourth-order valence-electron chi connectivity index (χ4n) is 5.63. The van der Waals surface area contributed by atoms with Gasteiger partial charge in [-0.25, -0.2) is 9.78 Å². The standard InChI is InChI=1S/C28H35N9O4/c1-28(2)18-34(12-14-36(28)19-7-9-20(10-8-19)40-17-16-39-4)11-13-35-24-22(33(3)27(35)38)25-30-23(21-6-5-15-41-21)32-37(25)26(29)31-24/h5-10,15H,11-14,16-18H2,1-4H3,(H2,29,31). The monoisotopic (exact) mass is 561 g/mol. The van der Waals surface area contributed by atoms with E-state index in [2.05, 4.69) is 50.8 Å². The number of furan rings is 1. The normalized spacial score (nSPS) is 15.8. The molecule has 0 saturated carbocycles. The Morgan fingerprint density at radius 1 is 1.05 bits per heavy atom. The lowest BCUT2D eigenvalue weighted by Gasteiger charge is -2.48. The zero-order chi connectivity index (χ0) is 28.7. The second-order valence-corrected chi connectivity index (χ2v) is 10.9. The number of anilines is 2. The van der Waals surface area contributed by atoms with Gasteiger partial charge >= 0.3 is 5.69 Å². The van der Waals surface area contributed by atoms with Gasteiger partial charge in [0, 0.05) is 58.1 Å². The summed E-state index contributed by atoms with van der Waals surface area (Å²) >= 11 is 0. The summed E-state index contributed by atoms with van der Waals surface area (Å²) in [6.07, 6.45) is 1.56. The molecular formula is C28H35N9O4. The van der Waals surface area contributed by atoms with Crippen LogP contribution in [0.3, 0.4) is 0 Å². The molecule has 0 bridgehead atoms. The van der Waals surface area contributed by atoms with E-state index in [0.717, 1.165) is 31.1 Å². The minimum atomic E-state index is -0.173. The molecule has 1 aliphatic heterocycles. The van der Waals surface area contributed by atoms with Gasteiger partial charge in [0.15, 0.2) is 17.1 Å². The van der Waals surface area contributed by atoms with E-state index >= 15 is 0 Å². The predicted octanol–water partition coefficient (Wildman–Crippen LogP) is 2.25. The smallest absolute Gasteiger partial charge is 0.330 e. The molecule has 5 heterocycles. The second-order valence-electron chi connectivity index (χ2n) is 10.9. The number of rotatable bonds is 9. The number of imidazole rings is 1. The highest BCUT2D eigenvalue weighted by molar-refractivity contribution is 5.88. The first-order chi connectivity index (χ1) is 19.8. The van der Waals surface area contributed by atoms with Crippen molar-refractivity contribution in [2.24, 2.45) is 7.05 Å². The van der Waals surface area contributed by atoms with Crippen LogP contribution in [0.2, 0.25) is 0 Å². The van der Waals surface area contributed by atoms with Crippen molar-refractivity contribution in [3.05, 3.63) is 53.1 Å². The zero-order valence-electron chi connectivity index (χ0n) is 23.8. The molecular weight excluding hydrogens is 526 g/mol. The van der Waals surface area contributed by atoms with E-state index < -0.39 is 0 Å². The first-order valence-corrected chi connectivity index (χ1v) is 13.6. The minimum absolute atomic E-state index is 0.112. The molecule has 0 aliphatic carbocycles. The summed E-state index contributed by atoms with van der Waals surface area (Å²) in [5, 5.41) is 4.45. The molecule has 4 aromatic heterocycles. The summed E-state index contributed by atoms with van der Waals surface area (Å²) in [7, 11) is 3.38. The van der Waals surface area contributed by atoms with Crippen LogP contribution in [-0.2, 0) is 18.3 Å². The van der Waals surface area contributed by atoms with Crippen LogP contribution in [0.5, 0.6) is 5.75 Å². The highest BCUT2D eigenvalue weighted by atomic mass is 16.5. The Balaban J connectivity index is 1.19. The third-order valence-electron chi connectivity index (χ3n) is 7.64. The van der Waals surface area contributed by atoms with Crippen molar-refractivity contribution >= 4 is 28.4 Å². The van der Waals surface area contributed by atoms with Gasteiger partial charge in [0.2, 0.25) is 11.8 Å². The van der Waals surface area contributed by atoms with Crippen molar-refractivity contribution in [1.82, 2.24) is 33.6 Å². The van der Waals surface area contributed by atoms with E-state index in [4.69, 9.17) is 19.6 Å². The number of nitrogens with zero attached hydrogens (tertiary/aromatic N) is 8. The van der Waals surface area contributed by atoms with Gasteiger partial charge in [-0.2, -0.15) is 9.50 Å². The van der Waals surface area contributed by atoms with Crippen LogP contribution in [0.4, 0.5) is 11.6 Å². The quantitative estimate of drug-likeness (QED) is 0.267. The number of aromatic nitrogens is 6. The molecule has 13 heteroatoms. The molecule has 5 aromatic rings. The molecule has 0 radical (unpaired) electrons. The minimum Gasteiger partial charge on any atom is -0.491 e. The van der Waals surface area contributed by atoms with Gasteiger partial charge in [0.1, 0.15) is 17.9 Å². The van der Waals surface area contributed by atoms with Crippen LogP contribution in [0, 0.1) is 0 Å². The highest BCUT2D eigenvalue weighted by Crippen LogP contribution is 2.30. The number of ether oxygens (including phenoxy) is 2. The fourth-order valence-corrected chi connectivity index (χ4v) is 5.63. The number of nitrogens with two attached hydrogens (primary N) is 1. The van der Waals surface area contributed by atoms with Gasteiger partial charge in [0.25, 0.3) is 0 Å². The van der Waals surface area contributed by atoms with Crippen LogP contribution in [0.1, 0.15) is 13.8 Å². The van der Waals surface area contributed by atoms with Crippen molar-refractivity contribution in [2.75, 3.05) is 57.1 Å². The van der Waals surface area contributed by atoms with Crippen LogP contribution in [-0.4, -0.2) is 85.7 Å². The fraction of sp³-hybridized carbons (Fsp3) is 0.429. The van der Waals surface area contributed by atoms with Gasteiger partial charge in [-0.05, 0) is 50.2 Å². The Labute approximate surface area is 236 Å². The van der Waals surface area contributed by atoms with Gasteiger partial charge in [-0.3, -0.25) is 14.0 Å². The Kier molecular flexibility index (Phi) is 6.91. The SMILES string of the molecule is COCCOc1ccc(N2CCN(CCn3c(=O)n(C)c4c3nc(N)n3nc(-c5ccco5)nc43)CC2(C)C)cc1. The van der Waals surface area contributed by atoms with Crippen LogP contribution < -0.4 is 21.1 Å². The zero-order valence-corrected chi connectivity index (χ0v) is 23.8. The summed E-state index contributed by atoms with van der Waals surface area (Å²) in [5.74, 6) is 1.88. The van der Waals surface area contributed by atoms with Crippen molar-refractivity contribution in [3.63, 3.8) is 0 Å². The number of aryl methyl sites for hydroxylation is 1. The lowest BCUT2D eigenvalue weighted by atomic mass is 9.97. The van der Waals surface area contributed by atoms with Gasteiger partial charge in [-0.15, -0.1) is 5.10 Å². The molecule has 1 aliphatic rings. The Morgan fingerprint density at radius 2 is 1.85 bits per heavy atom. The summed E-state index contributed by atoms with van der Waals surface area (Å²) in [4.78, 5) is 27.3. The highest BCUT2D eigenvalue weighted by Gasteiger charge is 2.34. The Hall–Kier alpha value is -4.36. The third kappa shape index (κ3) is 4.91. The predicted molar refractivity (Wildman–Crippen MR) is 155 cm³/mol. The van der Waals surface area contributed by atoms with E-state index in [1.807, 2.05) is 12.1 Å². The summed E-state index contributed by atoms with van der Waals surface area (Å²) in [6, 6.07) is 11.8. The van der Waals surface area contributed by atoms with Gasteiger partial charge < -0.3 is 24.5 Å². The second kappa shape index (κ2) is 10.6. The molecule has 0 unspecified atom stereocenters. The topological polar surface area (TPSA) is 134 Å². The van der Waals surface area contributed by atoms with E-state index in [1.54, 1.807) is 41.7 Å². The molecule has 1 aromatic carbocycles. The average Bonchev–Trinajstić information content (AvgIpc) is 3.68. The molecule has 0 atom stereocenters. The third-order valence-corrected chi connectivity index (χ3v) is 7.64.